The first-order chi connectivity index (χ1) is 8.17. The summed E-state index contributed by atoms with van der Waals surface area (Å²) in [5, 5.41) is 5.81. The number of benzene rings is 1. The largest absolute Gasteiger partial charge is 0.412 e. The Balaban J connectivity index is 2.62. The van der Waals surface area contributed by atoms with Crippen LogP contribution in [0.2, 0.25) is 0 Å². The van der Waals surface area contributed by atoms with Gasteiger partial charge in [0.2, 0.25) is 0 Å². The van der Waals surface area contributed by atoms with Crippen molar-refractivity contribution in [3.05, 3.63) is 29.8 Å². The minimum Gasteiger partial charge on any atom is -0.410 e. The molecule has 0 aliphatic heterocycles. The number of hydrogen-bond donors (Lipinski definition) is 2. The molecule has 2 N–H and O–H groups in total. The molecule has 0 spiro atoms. The standard InChI is InChI=1S/C13H20N2O2/c1-4-8-15-13(16)17-12-7-5-6-11(9-12)10(2)14-3/h5-7,9-10,14H,4,8H2,1-3H3,(H,15,16)/t10-/m0/s1. The lowest BCUT2D eigenvalue weighted by Crippen LogP contribution is -2.27. The van der Waals surface area contributed by atoms with Gasteiger partial charge in [-0.1, -0.05) is 19.1 Å². The normalized spacial score (nSPS) is 11.9. The van der Waals surface area contributed by atoms with E-state index in [0.717, 1.165) is 12.0 Å². The minimum absolute atomic E-state index is 0.234. The zero-order chi connectivity index (χ0) is 12.7. The highest BCUT2D eigenvalue weighted by Crippen LogP contribution is 2.18. The molecule has 17 heavy (non-hydrogen) atoms. The van der Waals surface area contributed by atoms with Crippen LogP contribution in [0.5, 0.6) is 5.75 Å². The van der Waals surface area contributed by atoms with E-state index in [1.54, 1.807) is 6.07 Å². The van der Waals surface area contributed by atoms with Crippen molar-refractivity contribution in [2.75, 3.05) is 13.6 Å². The molecule has 4 heteroatoms. The van der Waals surface area contributed by atoms with E-state index in [9.17, 15) is 4.79 Å². The molecule has 0 saturated carbocycles. The van der Waals surface area contributed by atoms with Crippen LogP contribution in [-0.2, 0) is 0 Å². The van der Waals surface area contributed by atoms with Crippen molar-refractivity contribution < 1.29 is 9.53 Å². The molecule has 0 bridgehead atoms. The maximum absolute atomic E-state index is 11.4. The fraction of sp³-hybridized carbons (Fsp3) is 0.462. The zero-order valence-corrected chi connectivity index (χ0v) is 10.6. The Kier molecular flexibility index (Phi) is 5.49. The van der Waals surface area contributed by atoms with Gasteiger partial charge in [0.25, 0.3) is 0 Å². The van der Waals surface area contributed by atoms with Gasteiger partial charge in [-0.15, -0.1) is 0 Å². The summed E-state index contributed by atoms with van der Waals surface area (Å²) < 4.78 is 5.17. The lowest BCUT2D eigenvalue weighted by molar-refractivity contribution is 0.200. The smallest absolute Gasteiger partial charge is 0.410 e. The maximum atomic E-state index is 11.4. The molecule has 0 radical (unpaired) electrons. The summed E-state index contributed by atoms with van der Waals surface area (Å²) in [5.74, 6) is 0.568. The van der Waals surface area contributed by atoms with Gasteiger partial charge < -0.3 is 15.4 Å². The molecule has 0 fully saturated rings. The second-order valence-electron chi connectivity index (χ2n) is 3.90. The fourth-order valence-electron chi connectivity index (χ4n) is 1.38. The van der Waals surface area contributed by atoms with Gasteiger partial charge >= 0.3 is 6.09 Å². The Morgan fingerprint density at radius 1 is 1.47 bits per heavy atom. The third-order valence-corrected chi connectivity index (χ3v) is 2.52. The SMILES string of the molecule is CCCNC(=O)Oc1cccc([C@H](C)NC)c1. The van der Waals surface area contributed by atoms with Gasteiger partial charge in [0.15, 0.2) is 0 Å². The number of carbonyl (C=O) groups is 1. The van der Waals surface area contributed by atoms with Crippen LogP contribution in [0, 0.1) is 0 Å². The van der Waals surface area contributed by atoms with Gasteiger partial charge in [-0.05, 0) is 38.1 Å². The summed E-state index contributed by atoms with van der Waals surface area (Å²) in [6, 6.07) is 7.76. The summed E-state index contributed by atoms with van der Waals surface area (Å²) in [6.07, 6.45) is 0.493. The van der Waals surface area contributed by atoms with Crippen LogP contribution in [0.15, 0.2) is 24.3 Å². The van der Waals surface area contributed by atoms with Gasteiger partial charge in [-0.3, -0.25) is 0 Å². The highest BCUT2D eigenvalue weighted by atomic mass is 16.5. The van der Waals surface area contributed by atoms with E-state index in [4.69, 9.17) is 4.74 Å². The van der Waals surface area contributed by atoms with Crippen LogP contribution < -0.4 is 15.4 Å². The van der Waals surface area contributed by atoms with Crippen molar-refractivity contribution in [2.45, 2.75) is 26.3 Å². The van der Waals surface area contributed by atoms with E-state index in [2.05, 4.69) is 17.6 Å². The molecule has 1 atom stereocenters. The van der Waals surface area contributed by atoms with Crippen molar-refractivity contribution >= 4 is 6.09 Å². The predicted molar refractivity (Wildman–Crippen MR) is 68.2 cm³/mol. The molecule has 1 aromatic rings. The molecule has 94 valence electrons. The lowest BCUT2D eigenvalue weighted by atomic mass is 10.1. The van der Waals surface area contributed by atoms with Gasteiger partial charge in [-0.25, -0.2) is 4.79 Å². The van der Waals surface area contributed by atoms with E-state index in [1.807, 2.05) is 32.2 Å². The topological polar surface area (TPSA) is 50.4 Å². The van der Waals surface area contributed by atoms with Crippen molar-refractivity contribution in [3.8, 4) is 5.75 Å². The monoisotopic (exact) mass is 236 g/mol. The molecule has 0 aliphatic carbocycles. The predicted octanol–water partition coefficient (Wildman–Crippen LogP) is 2.47. The molecule has 1 amide bonds. The lowest BCUT2D eigenvalue weighted by Gasteiger charge is -2.12. The maximum Gasteiger partial charge on any atom is 0.412 e. The van der Waals surface area contributed by atoms with E-state index in [0.29, 0.717) is 12.3 Å². The molecule has 1 rings (SSSR count). The quantitative estimate of drug-likeness (QED) is 0.825. The summed E-state index contributed by atoms with van der Waals surface area (Å²) in [6.45, 7) is 4.68. The van der Waals surface area contributed by atoms with Gasteiger partial charge in [0.1, 0.15) is 5.75 Å². The number of hydrogen-bond acceptors (Lipinski definition) is 3. The molecule has 0 aromatic heterocycles. The van der Waals surface area contributed by atoms with Crippen LogP contribution in [0.25, 0.3) is 0 Å². The Morgan fingerprint density at radius 2 is 2.24 bits per heavy atom. The Hall–Kier alpha value is -1.55. The highest BCUT2D eigenvalue weighted by Gasteiger charge is 2.06. The van der Waals surface area contributed by atoms with Crippen molar-refractivity contribution in [1.29, 1.82) is 0 Å². The van der Waals surface area contributed by atoms with E-state index in [-0.39, 0.29) is 6.04 Å². The number of rotatable bonds is 5. The summed E-state index contributed by atoms with van der Waals surface area (Å²) >= 11 is 0. The molecule has 1 aromatic carbocycles. The molecule has 0 aliphatic rings. The van der Waals surface area contributed by atoms with Gasteiger partial charge in [0, 0.05) is 12.6 Å². The summed E-state index contributed by atoms with van der Waals surface area (Å²) in [7, 11) is 1.89. The second kappa shape index (κ2) is 6.91. The average Bonchev–Trinajstić information content (AvgIpc) is 2.35. The van der Waals surface area contributed by atoms with E-state index < -0.39 is 6.09 Å². The molecule has 0 saturated heterocycles. The van der Waals surface area contributed by atoms with E-state index in [1.165, 1.54) is 0 Å². The van der Waals surface area contributed by atoms with Crippen LogP contribution >= 0.6 is 0 Å². The van der Waals surface area contributed by atoms with Crippen LogP contribution in [0.4, 0.5) is 4.79 Å². The fourth-order valence-corrected chi connectivity index (χ4v) is 1.38. The van der Waals surface area contributed by atoms with Crippen LogP contribution in [-0.4, -0.2) is 19.7 Å². The van der Waals surface area contributed by atoms with Crippen LogP contribution in [0.1, 0.15) is 31.9 Å². The Morgan fingerprint density at radius 3 is 2.88 bits per heavy atom. The minimum atomic E-state index is -0.402. The molecular formula is C13H20N2O2. The number of carbonyl (C=O) groups excluding carboxylic acids is 1. The first-order valence-corrected chi connectivity index (χ1v) is 5.90. The Bertz CT molecular complexity index is 366. The van der Waals surface area contributed by atoms with E-state index >= 15 is 0 Å². The third-order valence-electron chi connectivity index (χ3n) is 2.52. The molecule has 0 unspecified atom stereocenters. The number of amides is 1. The third kappa shape index (κ3) is 4.44. The van der Waals surface area contributed by atoms with Crippen molar-refractivity contribution in [1.82, 2.24) is 10.6 Å². The van der Waals surface area contributed by atoms with Gasteiger partial charge in [0.05, 0.1) is 0 Å². The number of ether oxygens (including phenoxy) is 1. The molecule has 0 heterocycles. The zero-order valence-electron chi connectivity index (χ0n) is 10.6. The Labute approximate surface area is 102 Å². The highest BCUT2D eigenvalue weighted by molar-refractivity contribution is 5.70. The number of nitrogens with one attached hydrogen (secondary N) is 2. The molecular weight excluding hydrogens is 216 g/mol. The average molecular weight is 236 g/mol. The van der Waals surface area contributed by atoms with Crippen molar-refractivity contribution in [2.24, 2.45) is 0 Å². The summed E-state index contributed by atoms with van der Waals surface area (Å²) in [4.78, 5) is 11.4. The first kappa shape index (κ1) is 13.5. The summed E-state index contributed by atoms with van der Waals surface area (Å²) in [5.41, 5.74) is 1.09. The first-order valence-electron chi connectivity index (χ1n) is 5.90. The second-order valence-corrected chi connectivity index (χ2v) is 3.90. The van der Waals surface area contributed by atoms with Gasteiger partial charge in [-0.2, -0.15) is 0 Å². The molecule has 4 nitrogen and oxygen atoms in total. The van der Waals surface area contributed by atoms with Crippen LogP contribution in [0.3, 0.4) is 0 Å². The van der Waals surface area contributed by atoms with Crippen molar-refractivity contribution in [3.63, 3.8) is 0 Å².